The average molecular weight is 380 g/mol. The van der Waals surface area contributed by atoms with E-state index in [1.54, 1.807) is 7.11 Å². The Kier molecular flexibility index (Phi) is 6.37. The van der Waals surface area contributed by atoms with E-state index in [1.165, 1.54) is 5.56 Å². The summed E-state index contributed by atoms with van der Waals surface area (Å²) in [5.41, 5.74) is 3.01. The molecule has 1 aromatic heterocycles. The molecule has 0 aliphatic rings. The highest BCUT2D eigenvalue weighted by Crippen LogP contribution is 2.31. The number of benzene rings is 2. The maximum Gasteiger partial charge on any atom is 0.230 e. The second-order valence-corrected chi connectivity index (χ2v) is 6.82. The summed E-state index contributed by atoms with van der Waals surface area (Å²) >= 11 is 0. The topological polar surface area (TPSA) is 47.7 Å². The molecule has 0 bridgehead atoms. The molecule has 0 saturated carbocycles. The fraction of sp³-hybridized carbons (Fsp3) is 0.348. The minimum atomic E-state index is 0.213. The van der Waals surface area contributed by atoms with Crippen LogP contribution >= 0.6 is 0 Å². The highest BCUT2D eigenvalue weighted by atomic mass is 16.5. The van der Waals surface area contributed by atoms with Crippen LogP contribution in [0.1, 0.15) is 36.9 Å². The standard InChI is InChI=1S/C23H28N2O3/c1-6-27-22-13-8-7-12-20(22)23-24-21(17(3)28-23)15-25(4)16(2)18-10-9-11-19(14-18)26-5/h7-14,16H,6,15H2,1-5H3. The quantitative estimate of drug-likeness (QED) is 0.534. The summed E-state index contributed by atoms with van der Waals surface area (Å²) in [6.07, 6.45) is 0. The van der Waals surface area contributed by atoms with Crippen LogP contribution in [0.15, 0.2) is 52.9 Å². The summed E-state index contributed by atoms with van der Waals surface area (Å²) in [7, 11) is 3.78. The normalized spacial score (nSPS) is 12.2. The zero-order valence-corrected chi connectivity index (χ0v) is 17.2. The number of oxazole rings is 1. The molecule has 0 fully saturated rings. The van der Waals surface area contributed by atoms with Gasteiger partial charge in [-0.2, -0.15) is 0 Å². The third-order valence-electron chi connectivity index (χ3n) is 4.95. The molecule has 0 aliphatic carbocycles. The van der Waals surface area contributed by atoms with Crippen LogP contribution in [0, 0.1) is 6.92 Å². The van der Waals surface area contributed by atoms with Gasteiger partial charge in [-0.05, 0) is 57.6 Å². The summed E-state index contributed by atoms with van der Waals surface area (Å²) in [6.45, 7) is 7.39. The van der Waals surface area contributed by atoms with Crippen molar-refractivity contribution in [1.82, 2.24) is 9.88 Å². The summed E-state index contributed by atoms with van der Waals surface area (Å²) < 4.78 is 17.0. The van der Waals surface area contributed by atoms with Crippen LogP contribution in [0.5, 0.6) is 11.5 Å². The predicted molar refractivity (Wildman–Crippen MR) is 111 cm³/mol. The van der Waals surface area contributed by atoms with Crippen LogP contribution in [0.3, 0.4) is 0 Å². The van der Waals surface area contributed by atoms with Crippen molar-refractivity contribution in [3.05, 3.63) is 65.5 Å². The van der Waals surface area contributed by atoms with Gasteiger partial charge in [0.05, 0.1) is 25.0 Å². The van der Waals surface area contributed by atoms with Crippen LogP contribution in [0.25, 0.3) is 11.5 Å². The third kappa shape index (κ3) is 4.37. The molecule has 0 spiro atoms. The molecule has 148 valence electrons. The van der Waals surface area contributed by atoms with Crippen LogP contribution in [-0.4, -0.2) is 30.6 Å². The number of aromatic nitrogens is 1. The van der Waals surface area contributed by atoms with Crippen LogP contribution < -0.4 is 9.47 Å². The van der Waals surface area contributed by atoms with Crippen molar-refractivity contribution in [3.63, 3.8) is 0 Å². The molecule has 1 heterocycles. The summed E-state index contributed by atoms with van der Waals surface area (Å²) in [5.74, 6) is 3.08. The Balaban J connectivity index is 1.80. The highest BCUT2D eigenvalue weighted by molar-refractivity contribution is 5.63. The van der Waals surface area contributed by atoms with E-state index < -0.39 is 0 Å². The lowest BCUT2D eigenvalue weighted by Gasteiger charge is -2.24. The lowest BCUT2D eigenvalue weighted by Crippen LogP contribution is -2.22. The number of hydrogen-bond donors (Lipinski definition) is 0. The van der Waals surface area contributed by atoms with Gasteiger partial charge in [0.15, 0.2) is 0 Å². The number of nitrogens with zero attached hydrogens (tertiary/aromatic N) is 2. The molecule has 1 unspecified atom stereocenters. The fourth-order valence-electron chi connectivity index (χ4n) is 3.14. The largest absolute Gasteiger partial charge is 0.497 e. The molecule has 28 heavy (non-hydrogen) atoms. The fourth-order valence-corrected chi connectivity index (χ4v) is 3.14. The molecule has 2 aromatic carbocycles. The first-order valence-corrected chi connectivity index (χ1v) is 9.56. The maximum atomic E-state index is 5.97. The van der Waals surface area contributed by atoms with Gasteiger partial charge in [-0.25, -0.2) is 4.98 Å². The molecule has 0 radical (unpaired) electrons. The van der Waals surface area contributed by atoms with E-state index in [4.69, 9.17) is 18.9 Å². The van der Waals surface area contributed by atoms with Gasteiger partial charge in [-0.3, -0.25) is 4.90 Å². The van der Waals surface area contributed by atoms with Crippen molar-refractivity contribution in [3.8, 4) is 23.0 Å². The summed E-state index contributed by atoms with van der Waals surface area (Å²) in [5, 5.41) is 0. The molecule has 5 nitrogen and oxygen atoms in total. The Bertz CT molecular complexity index is 920. The van der Waals surface area contributed by atoms with Gasteiger partial charge < -0.3 is 13.9 Å². The Morgan fingerprint density at radius 1 is 1.14 bits per heavy atom. The lowest BCUT2D eigenvalue weighted by molar-refractivity contribution is 0.248. The zero-order valence-electron chi connectivity index (χ0n) is 17.2. The zero-order chi connectivity index (χ0) is 20.1. The number of aryl methyl sites for hydroxylation is 1. The lowest BCUT2D eigenvalue weighted by atomic mass is 10.1. The van der Waals surface area contributed by atoms with Gasteiger partial charge in [0.1, 0.15) is 17.3 Å². The molecule has 3 aromatic rings. The first-order chi connectivity index (χ1) is 13.5. The molecule has 1 atom stereocenters. The van der Waals surface area contributed by atoms with Crippen molar-refractivity contribution in [2.75, 3.05) is 20.8 Å². The number of rotatable bonds is 8. The van der Waals surface area contributed by atoms with Crippen molar-refractivity contribution in [2.24, 2.45) is 0 Å². The first-order valence-electron chi connectivity index (χ1n) is 9.56. The molecule has 0 amide bonds. The van der Waals surface area contributed by atoms with Gasteiger partial charge in [0.25, 0.3) is 0 Å². The molecule has 5 heteroatoms. The summed E-state index contributed by atoms with van der Waals surface area (Å²) in [4.78, 5) is 7.01. The molecule has 0 saturated heterocycles. The summed E-state index contributed by atoms with van der Waals surface area (Å²) in [6, 6.07) is 16.2. The van der Waals surface area contributed by atoms with Crippen LogP contribution in [0.4, 0.5) is 0 Å². The van der Waals surface area contributed by atoms with Crippen molar-refractivity contribution >= 4 is 0 Å². The van der Waals surface area contributed by atoms with E-state index in [2.05, 4.69) is 31.0 Å². The smallest absolute Gasteiger partial charge is 0.230 e. The molecular weight excluding hydrogens is 352 g/mol. The minimum absolute atomic E-state index is 0.213. The first kappa shape index (κ1) is 20.0. The Morgan fingerprint density at radius 2 is 1.93 bits per heavy atom. The molecule has 3 rings (SSSR count). The number of hydrogen-bond acceptors (Lipinski definition) is 5. The number of ether oxygens (including phenoxy) is 2. The second kappa shape index (κ2) is 8.93. The van der Waals surface area contributed by atoms with Gasteiger partial charge in [0, 0.05) is 12.6 Å². The van der Waals surface area contributed by atoms with E-state index in [-0.39, 0.29) is 6.04 Å². The van der Waals surface area contributed by atoms with Gasteiger partial charge >= 0.3 is 0 Å². The maximum absolute atomic E-state index is 5.97. The molecule has 0 N–H and O–H groups in total. The Labute approximate surface area is 166 Å². The Morgan fingerprint density at radius 3 is 2.68 bits per heavy atom. The van der Waals surface area contributed by atoms with Gasteiger partial charge in [0.2, 0.25) is 5.89 Å². The number of methoxy groups -OCH3 is 1. The third-order valence-corrected chi connectivity index (χ3v) is 4.95. The minimum Gasteiger partial charge on any atom is -0.497 e. The van der Waals surface area contributed by atoms with E-state index in [1.807, 2.05) is 50.2 Å². The predicted octanol–water partition coefficient (Wildman–Crippen LogP) is 5.25. The van der Waals surface area contributed by atoms with Crippen LogP contribution in [-0.2, 0) is 6.54 Å². The van der Waals surface area contributed by atoms with Gasteiger partial charge in [-0.1, -0.05) is 24.3 Å². The van der Waals surface area contributed by atoms with E-state index in [9.17, 15) is 0 Å². The highest BCUT2D eigenvalue weighted by Gasteiger charge is 2.19. The molecular formula is C23H28N2O3. The Hall–Kier alpha value is -2.79. The monoisotopic (exact) mass is 380 g/mol. The van der Waals surface area contributed by atoms with E-state index in [0.29, 0.717) is 19.0 Å². The van der Waals surface area contributed by atoms with Gasteiger partial charge in [-0.15, -0.1) is 0 Å². The van der Waals surface area contributed by atoms with Crippen molar-refractivity contribution < 1.29 is 13.9 Å². The van der Waals surface area contributed by atoms with Crippen LogP contribution in [0.2, 0.25) is 0 Å². The van der Waals surface area contributed by atoms with Crippen molar-refractivity contribution in [1.29, 1.82) is 0 Å². The SMILES string of the molecule is CCOc1ccccc1-c1nc(CN(C)C(C)c2cccc(OC)c2)c(C)o1. The van der Waals surface area contributed by atoms with E-state index in [0.717, 1.165) is 28.5 Å². The number of para-hydroxylation sites is 1. The molecule has 0 aliphatic heterocycles. The second-order valence-electron chi connectivity index (χ2n) is 6.82. The average Bonchev–Trinajstić information content (AvgIpc) is 3.08. The van der Waals surface area contributed by atoms with Crippen molar-refractivity contribution in [2.45, 2.75) is 33.4 Å². The van der Waals surface area contributed by atoms with E-state index >= 15 is 0 Å².